The maximum atomic E-state index is 15.5. The SMILES string of the molecule is O=C(c1cnc(NC23CCC4(O)CC(F)(CC(F)(C4)C2)C3)nc1C(F)(F)F)N1CCS(=O)(=O)CC1. The number of nitrogens with zero attached hydrogens (tertiary/aromatic N) is 3. The van der Waals surface area contributed by atoms with Gasteiger partial charge in [-0.3, -0.25) is 4.79 Å². The van der Waals surface area contributed by atoms with Gasteiger partial charge in [0.15, 0.2) is 15.5 Å². The number of carbonyl (C=O) groups is 1. The molecule has 1 aliphatic heterocycles. The maximum Gasteiger partial charge on any atom is 0.434 e. The molecule has 4 saturated carbocycles. The fourth-order valence-corrected chi connectivity index (χ4v) is 7.78. The number of hydrogen-bond acceptors (Lipinski definition) is 7. The van der Waals surface area contributed by atoms with Crippen LogP contribution in [0.2, 0.25) is 0 Å². The Labute approximate surface area is 198 Å². The van der Waals surface area contributed by atoms with Gasteiger partial charge < -0.3 is 15.3 Å². The molecular formula is C21H25F5N4O4S. The third-order valence-electron chi connectivity index (χ3n) is 7.60. The molecule has 4 aliphatic carbocycles. The lowest BCUT2D eigenvalue weighted by Crippen LogP contribution is -2.60. The largest absolute Gasteiger partial charge is 0.434 e. The fraction of sp³-hybridized carbons (Fsp3) is 0.762. The summed E-state index contributed by atoms with van der Waals surface area (Å²) in [6.45, 7) is -0.497. The van der Waals surface area contributed by atoms with Gasteiger partial charge in [-0.2, -0.15) is 13.2 Å². The van der Waals surface area contributed by atoms with E-state index in [9.17, 15) is 31.5 Å². The second-order valence-electron chi connectivity index (χ2n) is 10.7. The zero-order chi connectivity index (χ0) is 25.5. The number of nitrogens with one attached hydrogen (secondary N) is 1. The molecule has 0 spiro atoms. The van der Waals surface area contributed by atoms with Crippen LogP contribution >= 0.6 is 0 Å². The molecule has 8 nitrogen and oxygen atoms in total. The van der Waals surface area contributed by atoms with Crippen molar-refractivity contribution in [1.82, 2.24) is 14.9 Å². The van der Waals surface area contributed by atoms with Gasteiger partial charge in [0.1, 0.15) is 11.3 Å². The first kappa shape index (κ1) is 24.6. The van der Waals surface area contributed by atoms with E-state index in [0.29, 0.717) is 6.20 Å². The van der Waals surface area contributed by atoms with Gasteiger partial charge in [-0.05, 0) is 12.8 Å². The summed E-state index contributed by atoms with van der Waals surface area (Å²) in [6, 6.07) is 0. The Morgan fingerprint density at radius 1 is 1.03 bits per heavy atom. The highest BCUT2D eigenvalue weighted by Crippen LogP contribution is 2.61. The van der Waals surface area contributed by atoms with Crippen LogP contribution in [0.25, 0.3) is 0 Å². The van der Waals surface area contributed by atoms with E-state index >= 15 is 8.78 Å². The van der Waals surface area contributed by atoms with Crippen LogP contribution in [-0.4, -0.2) is 81.4 Å². The minimum absolute atomic E-state index is 0.0813. The molecule has 14 heteroatoms. The molecule has 2 atom stereocenters. The van der Waals surface area contributed by atoms with E-state index in [0.717, 1.165) is 4.90 Å². The van der Waals surface area contributed by atoms with E-state index in [-0.39, 0.29) is 69.5 Å². The molecule has 194 valence electrons. The number of aromatic nitrogens is 2. The van der Waals surface area contributed by atoms with Crippen LogP contribution in [0.5, 0.6) is 0 Å². The van der Waals surface area contributed by atoms with Crippen molar-refractivity contribution >= 4 is 21.7 Å². The second-order valence-corrected chi connectivity index (χ2v) is 13.0. The first-order chi connectivity index (χ1) is 16.0. The average molecular weight is 525 g/mol. The lowest BCUT2D eigenvalue weighted by Gasteiger charge is -2.53. The van der Waals surface area contributed by atoms with Crippen LogP contribution in [0.3, 0.4) is 0 Å². The number of carbonyl (C=O) groups excluding carboxylic acids is 1. The number of amides is 1. The molecule has 1 aromatic rings. The predicted molar refractivity (Wildman–Crippen MR) is 113 cm³/mol. The van der Waals surface area contributed by atoms with Crippen molar-refractivity contribution < 1.29 is 40.3 Å². The number of fused-ring (bicyclic) bond motifs is 1. The number of hydrogen-bond donors (Lipinski definition) is 2. The molecule has 2 N–H and O–H groups in total. The summed E-state index contributed by atoms with van der Waals surface area (Å²) < 4.78 is 95.9. The van der Waals surface area contributed by atoms with Gasteiger partial charge in [-0.25, -0.2) is 27.2 Å². The topological polar surface area (TPSA) is 112 Å². The Hall–Kier alpha value is -2.09. The number of anilines is 1. The van der Waals surface area contributed by atoms with Crippen molar-refractivity contribution in [3.8, 4) is 0 Å². The molecule has 35 heavy (non-hydrogen) atoms. The lowest BCUT2D eigenvalue weighted by atomic mass is 9.60. The number of sulfone groups is 1. The molecule has 0 radical (unpaired) electrons. The summed E-state index contributed by atoms with van der Waals surface area (Å²) in [4.78, 5) is 21.2. The zero-order valence-corrected chi connectivity index (χ0v) is 19.5. The van der Waals surface area contributed by atoms with Crippen molar-refractivity contribution in [1.29, 1.82) is 0 Å². The quantitative estimate of drug-likeness (QED) is 0.584. The van der Waals surface area contributed by atoms with Crippen LogP contribution in [0.1, 0.15) is 61.0 Å². The Morgan fingerprint density at radius 3 is 2.20 bits per heavy atom. The van der Waals surface area contributed by atoms with Crippen LogP contribution in [0.15, 0.2) is 6.20 Å². The lowest BCUT2D eigenvalue weighted by molar-refractivity contribution is -0.143. The Balaban J connectivity index is 1.45. The standard InChI is InChI=1S/C21H25F5N4O4S/c22-17-8-18(23)10-19(9-17,1-2-20(32,11-17)12-18)29-16-27-7-13(14(28-16)21(24,25)26)15(31)30-3-5-35(33,34)6-4-30/h7,32H,1-6,8-12H2,(H,27,28,29). The zero-order valence-electron chi connectivity index (χ0n) is 18.7. The summed E-state index contributed by atoms with van der Waals surface area (Å²) in [5, 5.41) is 13.5. The van der Waals surface area contributed by atoms with Gasteiger partial charge in [0.2, 0.25) is 5.95 Å². The molecular weight excluding hydrogens is 499 g/mol. The third kappa shape index (κ3) is 4.58. The van der Waals surface area contributed by atoms with E-state index in [1.807, 2.05) is 0 Å². The minimum atomic E-state index is -5.04. The van der Waals surface area contributed by atoms with Crippen LogP contribution in [-0.2, 0) is 16.0 Å². The molecule has 1 aromatic heterocycles. The van der Waals surface area contributed by atoms with E-state index in [2.05, 4.69) is 15.3 Å². The summed E-state index contributed by atoms with van der Waals surface area (Å²) in [5.74, 6) is -2.27. The number of aliphatic hydroxyl groups is 1. The van der Waals surface area contributed by atoms with Crippen molar-refractivity contribution in [3.63, 3.8) is 0 Å². The van der Waals surface area contributed by atoms with Crippen LogP contribution in [0, 0.1) is 0 Å². The minimum Gasteiger partial charge on any atom is -0.390 e. The molecule has 4 bridgehead atoms. The normalized spacial score (nSPS) is 38.3. The molecule has 5 fully saturated rings. The summed E-state index contributed by atoms with van der Waals surface area (Å²) in [6.07, 6.45) is -5.39. The monoisotopic (exact) mass is 524 g/mol. The Kier molecular flexibility index (Phi) is 5.25. The van der Waals surface area contributed by atoms with Gasteiger partial charge >= 0.3 is 6.18 Å². The first-order valence-electron chi connectivity index (χ1n) is 11.3. The Morgan fingerprint density at radius 2 is 1.63 bits per heavy atom. The number of alkyl halides is 5. The summed E-state index contributed by atoms with van der Waals surface area (Å²) in [5.41, 5.74) is -9.18. The van der Waals surface area contributed by atoms with Gasteiger partial charge in [-0.15, -0.1) is 0 Å². The average Bonchev–Trinajstić information content (AvgIpc) is 2.82. The number of halogens is 5. The fourth-order valence-electron chi connectivity index (χ4n) is 6.57. The molecule has 2 heterocycles. The highest BCUT2D eigenvalue weighted by Gasteiger charge is 2.66. The van der Waals surface area contributed by atoms with Crippen LogP contribution in [0.4, 0.5) is 27.9 Å². The Bertz CT molecular complexity index is 1140. The van der Waals surface area contributed by atoms with Crippen molar-refractivity contribution in [2.75, 3.05) is 29.9 Å². The highest BCUT2D eigenvalue weighted by atomic mass is 32.2. The molecule has 1 amide bonds. The van der Waals surface area contributed by atoms with Crippen molar-refractivity contribution in [2.45, 2.75) is 73.6 Å². The van der Waals surface area contributed by atoms with Gasteiger partial charge in [-0.1, -0.05) is 0 Å². The molecule has 0 aromatic carbocycles. The molecule has 6 rings (SSSR count). The third-order valence-corrected chi connectivity index (χ3v) is 9.21. The second kappa shape index (κ2) is 7.46. The smallest absolute Gasteiger partial charge is 0.390 e. The molecule has 1 saturated heterocycles. The highest BCUT2D eigenvalue weighted by molar-refractivity contribution is 7.91. The van der Waals surface area contributed by atoms with E-state index in [4.69, 9.17) is 0 Å². The molecule has 2 unspecified atom stereocenters. The van der Waals surface area contributed by atoms with Crippen molar-refractivity contribution in [2.24, 2.45) is 0 Å². The van der Waals surface area contributed by atoms with E-state index in [1.165, 1.54) is 0 Å². The maximum absolute atomic E-state index is 15.5. The van der Waals surface area contributed by atoms with Gasteiger partial charge in [0.25, 0.3) is 5.91 Å². The van der Waals surface area contributed by atoms with E-state index < -0.39 is 61.6 Å². The summed E-state index contributed by atoms with van der Waals surface area (Å²) in [7, 11) is -3.36. The first-order valence-corrected chi connectivity index (χ1v) is 13.2. The van der Waals surface area contributed by atoms with Crippen LogP contribution < -0.4 is 5.32 Å². The predicted octanol–water partition coefficient (Wildman–Crippen LogP) is 2.44. The summed E-state index contributed by atoms with van der Waals surface area (Å²) >= 11 is 0. The van der Waals surface area contributed by atoms with E-state index in [1.54, 1.807) is 0 Å². The molecule has 5 aliphatic rings. The van der Waals surface area contributed by atoms with Gasteiger partial charge in [0, 0.05) is 56.9 Å². The van der Waals surface area contributed by atoms with Gasteiger partial charge in [0.05, 0.1) is 22.7 Å². The van der Waals surface area contributed by atoms with Crippen molar-refractivity contribution in [3.05, 3.63) is 17.5 Å². The number of rotatable bonds is 3.